The van der Waals surface area contributed by atoms with E-state index in [1.807, 2.05) is 54.6 Å². The number of amides is 2. The number of aromatic nitrogens is 2. The van der Waals surface area contributed by atoms with E-state index in [4.69, 9.17) is 9.47 Å². The van der Waals surface area contributed by atoms with E-state index >= 15 is 0 Å². The molecule has 0 fully saturated rings. The smallest absolute Gasteiger partial charge is 0.248 e. The van der Waals surface area contributed by atoms with E-state index in [0.29, 0.717) is 16.7 Å². The number of hydrogen-bond donors (Lipinski definition) is 2. The molecule has 30 heavy (non-hydrogen) atoms. The molecule has 1 atom stereocenters. The molecule has 1 unspecified atom stereocenters. The van der Waals surface area contributed by atoms with Crippen molar-refractivity contribution in [3.63, 3.8) is 0 Å². The molecule has 156 valence electrons. The van der Waals surface area contributed by atoms with Crippen LogP contribution in [0.4, 0.5) is 5.13 Å². The third kappa shape index (κ3) is 6.10. The van der Waals surface area contributed by atoms with Crippen molar-refractivity contribution < 1.29 is 19.1 Å². The van der Waals surface area contributed by atoms with Gasteiger partial charge in [0.2, 0.25) is 16.9 Å². The first kappa shape index (κ1) is 21.4. The molecule has 8 nitrogen and oxygen atoms in total. The zero-order chi connectivity index (χ0) is 21.3. The molecule has 2 aromatic carbocycles. The van der Waals surface area contributed by atoms with E-state index in [9.17, 15) is 9.59 Å². The van der Waals surface area contributed by atoms with Gasteiger partial charge in [0.05, 0.1) is 13.7 Å². The number of carbonyl (C=O) groups is 2. The maximum absolute atomic E-state index is 12.3. The van der Waals surface area contributed by atoms with E-state index in [1.165, 1.54) is 11.3 Å². The van der Waals surface area contributed by atoms with Gasteiger partial charge in [-0.25, -0.2) is 0 Å². The Hall–Kier alpha value is -3.30. The molecule has 0 aliphatic rings. The number of anilines is 1. The highest BCUT2D eigenvalue weighted by atomic mass is 32.1. The van der Waals surface area contributed by atoms with Crippen LogP contribution in [0.5, 0.6) is 5.75 Å². The Balaban J connectivity index is 1.45. The zero-order valence-electron chi connectivity index (χ0n) is 16.6. The standard InChI is InChI=1S/C21H22N4O4S/c1-14(22-18(26)13-29-12-15-6-4-3-5-7-15)19(27)23-21-25-24-20(30-21)16-8-10-17(28-2)11-9-16/h3-11,14H,12-13H2,1-2H3,(H,22,26)(H,23,25,27). The van der Waals surface area contributed by atoms with Crippen LogP contribution in [0.1, 0.15) is 12.5 Å². The number of ether oxygens (including phenoxy) is 2. The fraction of sp³-hybridized carbons (Fsp3) is 0.238. The minimum atomic E-state index is -0.744. The fourth-order valence-electron chi connectivity index (χ4n) is 2.52. The van der Waals surface area contributed by atoms with Gasteiger partial charge in [0.25, 0.3) is 0 Å². The molecule has 1 aromatic heterocycles. The molecule has 0 spiro atoms. The number of nitrogens with one attached hydrogen (secondary N) is 2. The second kappa shape index (κ2) is 10.5. The normalized spacial score (nSPS) is 11.5. The van der Waals surface area contributed by atoms with Crippen LogP contribution in [0.25, 0.3) is 10.6 Å². The van der Waals surface area contributed by atoms with Crippen molar-refractivity contribution in [2.24, 2.45) is 0 Å². The summed E-state index contributed by atoms with van der Waals surface area (Å²) in [5.41, 5.74) is 1.84. The molecule has 0 aliphatic heterocycles. The second-order valence-electron chi connectivity index (χ2n) is 6.40. The Bertz CT molecular complexity index is 976. The van der Waals surface area contributed by atoms with Gasteiger partial charge in [-0.2, -0.15) is 0 Å². The van der Waals surface area contributed by atoms with E-state index in [-0.39, 0.29) is 18.4 Å². The third-order valence-corrected chi connectivity index (χ3v) is 5.00. The van der Waals surface area contributed by atoms with Crippen molar-refractivity contribution in [3.8, 4) is 16.3 Å². The van der Waals surface area contributed by atoms with Gasteiger partial charge in [-0.1, -0.05) is 41.7 Å². The quantitative estimate of drug-likeness (QED) is 0.545. The molecular formula is C21H22N4O4S. The van der Waals surface area contributed by atoms with Crippen LogP contribution in [-0.2, 0) is 20.9 Å². The van der Waals surface area contributed by atoms with Gasteiger partial charge >= 0.3 is 0 Å². The summed E-state index contributed by atoms with van der Waals surface area (Å²) in [6.45, 7) is 1.79. The zero-order valence-corrected chi connectivity index (χ0v) is 17.4. The molecule has 0 saturated heterocycles. The first-order valence-corrected chi connectivity index (χ1v) is 10.1. The Morgan fingerprint density at radius 2 is 1.80 bits per heavy atom. The number of hydrogen-bond acceptors (Lipinski definition) is 7. The average molecular weight is 426 g/mol. The summed E-state index contributed by atoms with van der Waals surface area (Å²) in [7, 11) is 1.60. The first-order valence-electron chi connectivity index (χ1n) is 9.25. The molecule has 0 bridgehead atoms. The third-order valence-electron chi connectivity index (χ3n) is 4.11. The minimum Gasteiger partial charge on any atom is -0.497 e. The maximum atomic E-state index is 12.3. The minimum absolute atomic E-state index is 0.132. The van der Waals surface area contributed by atoms with E-state index in [2.05, 4.69) is 20.8 Å². The lowest BCUT2D eigenvalue weighted by Crippen LogP contribution is -2.43. The van der Waals surface area contributed by atoms with Crippen LogP contribution in [0.2, 0.25) is 0 Å². The number of methoxy groups -OCH3 is 1. The summed E-state index contributed by atoms with van der Waals surface area (Å²) < 4.78 is 10.5. The van der Waals surface area contributed by atoms with Crippen LogP contribution in [-0.4, -0.2) is 41.8 Å². The average Bonchev–Trinajstić information content (AvgIpc) is 3.23. The molecular weight excluding hydrogens is 404 g/mol. The van der Waals surface area contributed by atoms with Crippen molar-refractivity contribution >= 4 is 28.3 Å². The number of rotatable bonds is 9. The van der Waals surface area contributed by atoms with E-state index in [0.717, 1.165) is 16.9 Å². The highest BCUT2D eigenvalue weighted by Gasteiger charge is 2.18. The van der Waals surface area contributed by atoms with E-state index in [1.54, 1.807) is 14.0 Å². The lowest BCUT2D eigenvalue weighted by atomic mass is 10.2. The van der Waals surface area contributed by atoms with Crippen LogP contribution in [0.15, 0.2) is 54.6 Å². The molecule has 2 amide bonds. The number of benzene rings is 2. The van der Waals surface area contributed by atoms with Crippen LogP contribution >= 0.6 is 11.3 Å². The molecule has 3 aromatic rings. The summed E-state index contributed by atoms with van der Waals surface area (Å²) >= 11 is 1.24. The van der Waals surface area contributed by atoms with Crippen LogP contribution in [0.3, 0.4) is 0 Å². The molecule has 0 saturated carbocycles. The largest absolute Gasteiger partial charge is 0.497 e. The molecule has 9 heteroatoms. The summed E-state index contributed by atoms with van der Waals surface area (Å²) in [5, 5.41) is 14.4. The summed E-state index contributed by atoms with van der Waals surface area (Å²) in [4.78, 5) is 24.3. The fourth-order valence-corrected chi connectivity index (χ4v) is 3.27. The SMILES string of the molecule is COc1ccc(-c2nnc(NC(=O)C(C)NC(=O)COCc3ccccc3)s2)cc1. The van der Waals surface area contributed by atoms with Gasteiger partial charge in [0.1, 0.15) is 23.4 Å². The van der Waals surface area contributed by atoms with Crippen molar-refractivity contribution in [2.45, 2.75) is 19.6 Å². The lowest BCUT2D eigenvalue weighted by Gasteiger charge is -2.13. The van der Waals surface area contributed by atoms with Crippen LogP contribution in [0, 0.1) is 0 Å². The molecule has 2 N–H and O–H groups in total. The number of carbonyl (C=O) groups excluding carboxylic acids is 2. The second-order valence-corrected chi connectivity index (χ2v) is 7.38. The van der Waals surface area contributed by atoms with Crippen molar-refractivity contribution in [1.29, 1.82) is 0 Å². The Kier molecular flexibility index (Phi) is 7.47. The maximum Gasteiger partial charge on any atom is 0.248 e. The van der Waals surface area contributed by atoms with Crippen molar-refractivity contribution in [3.05, 3.63) is 60.2 Å². The Morgan fingerprint density at radius 3 is 2.50 bits per heavy atom. The monoisotopic (exact) mass is 426 g/mol. The molecule has 1 heterocycles. The van der Waals surface area contributed by atoms with Gasteiger partial charge in [0, 0.05) is 5.56 Å². The van der Waals surface area contributed by atoms with Gasteiger partial charge in [-0.05, 0) is 36.8 Å². The Morgan fingerprint density at radius 1 is 1.07 bits per heavy atom. The first-order chi connectivity index (χ1) is 14.5. The lowest BCUT2D eigenvalue weighted by molar-refractivity contribution is -0.129. The molecule has 0 aliphatic carbocycles. The predicted octanol–water partition coefficient (Wildman–Crippen LogP) is 2.87. The predicted molar refractivity (Wildman–Crippen MR) is 114 cm³/mol. The molecule has 3 rings (SSSR count). The summed E-state index contributed by atoms with van der Waals surface area (Å²) in [6, 6.07) is 16.2. The molecule has 0 radical (unpaired) electrons. The van der Waals surface area contributed by atoms with Crippen molar-refractivity contribution in [2.75, 3.05) is 19.0 Å². The topological polar surface area (TPSA) is 102 Å². The van der Waals surface area contributed by atoms with Gasteiger partial charge < -0.3 is 14.8 Å². The van der Waals surface area contributed by atoms with Crippen LogP contribution < -0.4 is 15.4 Å². The van der Waals surface area contributed by atoms with Gasteiger partial charge in [-0.15, -0.1) is 10.2 Å². The van der Waals surface area contributed by atoms with E-state index < -0.39 is 6.04 Å². The van der Waals surface area contributed by atoms with Gasteiger partial charge in [0.15, 0.2) is 0 Å². The highest BCUT2D eigenvalue weighted by molar-refractivity contribution is 7.18. The van der Waals surface area contributed by atoms with Crippen molar-refractivity contribution in [1.82, 2.24) is 15.5 Å². The highest BCUT2D eigenvalue weighted by Crippen LogP contribution is 2.27. The Labute approximate surface area is 178 Å². The number of nitrogens with zero attached hydrogens (tertiary/aromatic N) is 2. The summed E-state index contributed by atoms with van der Waals surface area (Å²) in [6.07, 6.45) is 0. The van der Waals surface area contributed by atoms with Gasteiger partial charge in [-0.3, -0.25) is 14.9 Å². The summed E-state index contributed by atoms with van der Waals surface area (Å²) in [5.74, 6) is -0.0114.